The van der Waals surface area contributed by atoms with Crippen LogP contribution in [0.4, 0.5) is 0 Å². The number of carbonyl (C=O) groups excluding carboxylic acids is 2. The Hall–Kier alpha value is -1.56. The van der Waals surface area contributed by atoms with Crippen LogP contribution in [0.5, 0.6) is 0 Å². The summed E-state index contributed by atoms with van der Waals surface area (Å²) in [5, 5.41) is 0. The SMILES string of the molecule is C=CCC(C)(OC[C@@H]1CCC[C@H](OC2CCCCO2)C1)C(=O)OC(C)(C)C.CC(C)(C)OC(=O)COC[C@@H]1CCC[C@H](OC2CCCCO2)C1. The highest BCUT2D eigenvalue weighted by atomic mass is 16.7. The van der Waals surface area contributed by atoms with Crippen molar-refractivity contribution in [1.29, 1.82) is 0 Å². The zero-order valence-electron chi connectivity index (χ0n) is 32.5. The Balaban J connectivity index is 0.000000274. The van der Waals surface area contributed by atoms with Crippen LogP contribution in [0, 0.1) is 11.8 Å². The molecular formula is C40H70O10. The molecule has 2 aliphatic carbocycles. The molecule has 0 radical (unpaired) electrons. The van der Waals surface area contributed by atoms with E-state index >= 15 is 0 Å². The van der Waals surface area contributed by atoms with Crippen LogP contribution in [0.3, 0.4) is 0 Å². The van der Waals surface area contributed by atoms with E-state index in [0.29, 0.717) is 31.5 Å². The van der Waals surface area contributed by atoms with Crippen molar-refractivity contribution in [2.45, 2.75) is 186 Å². The Morgan fingerprint density at radius 3 is 1.66 bits per heavy atom. The van der Waals surface area contributed by atoms with E-state index in [1.54, 1.807) is 13.0 Å². The molecule has 290 valence electrons. The highest BCUT2D eigenvalue weighted by molar-refractivity contribution is 5.79. The van der Waals surface area contributed by atoms with E-state index in [1.807, 2.05) is 41.5 Å². The van der Waals surface area contributed by atoms with Gasteiger partial charge in [-0.25, -0.2) is 9.59 Å². The van der Waals surface area contributed by atoms with E-state index in [0.717, 1.165) is 90.3 Å². The molecule has 0 N–H and O–H groups in total. The molecule has 2 heterocycles. The van der Waals surface area contributed by atoms with Crippen LogP contribution in [0.25, 0.3) is 0 Å². The average molecular weight is 711 g/mol. The van der Waals surface area contributed by atoms with Crippen molar-refractivity contribution in [3.05, 3.63) is 12.7 Å². The van der Waals surface area contributed by atoms with Crippen LogP contribution in [0.15, 0.2) is 12.7 Å². The third kappa shape index (κ3) is 17.3. The van der Waals surface area contributed by atoms with Gasteiger partial charge < -0.3 is 37.9 Å². The van der Waals surface area contributed by atoms with Crippen molar-refractivity contribution < 1.29 is 47.5 Å². The van der Waals surface area contributed by atoms with Gasteiger partial charge in [-0.05, 0) is 137 Å². The molecule has 4 aliphatic rings. The van der Waals surface area contributed by atoms with Gasteiger partial charge in [-0.3, -0.25) is 0 Å². The molecule has 10 nitrogen and oxygen atoms in total. The Kier molecular flexibility index (Phi) is 18.2. The first-order chi connectivity index (χ1) is 23.6. The number of ether oxygens (including phenoxy) is 8. The minimum absolute atomic E-state index is 0.0184. The summed E-state index contributed by atoms with van der Waals surface area (Å²) >= 11 is 0. The van der Waals surface area contributed by atoms with Gasteiger partial charge in [-0.15, -0.1) is 6.58 Å². The normalized spacial score (nSPS) is 29.1. The summed E-state index contributed by atoms with van der Waals surface area (Å²) in [5.74, 6) is 0.226. The van der Waals surface area contributed by atoms with Gasteiger partial charge in [0.15, 0.2) is 18.2 Å². The molecule has 0 aromatic carbocycles. The molecule has 4 fully saturated rings. The second kappa shape index (κ2) is 21.2. The number of carbonyl (C=O) groups is 2. The quantitative estimate of drug-likeness (QED) is 0.129. The number of esters is 2. The molecule has 3 unspecified atom stereocenters. The predicted octanol–water partition coefficient (Wildman–Crippen LogP) is 8.23. The fourth-order valence-corrected chi connectivity index (χ4v) is 6.94. The summed E-state index contributed by atoms with van der Waals surface area (Å²) in [4.78, 5) is 24.3. The van der Waals surface area contributed by atoms with Gasteiger partial charge in [0, 0.05) is 19.6 Å². The van der Waals surface area contributed by atoms with Crippen molar-refractivity contribution in [3.8, 4) is 0 Å². The molecule has 10 heteroatoms. The lowest BCUT2D eigenvalue weighted by Gasteiger charge is -2.35. The van der Waals surface area contributed by atoms with E-state index in [2.05, 4.69) is 6.58 Å². The van der Waals surface area contributed by atoms with Crippen LogP contribution >= 0.6 is 0 Å². The van der Waals surface area contributed by atoms with Crippen LogP contribution < -0.4 is 0 Å². The first kappa shape index (κ1) is 42.8. The molecular weight excluding hydrogens is 640 g/mol. The average Bonchev–Trinajstić information content (AvgIpc) is 3.04. The first-order valence-corrected chi connectivity index (χ1v) is 19.5. The van der Waals surface area contributed by atoms with Crippen LogP contribution in [-0.4, -0.2) is 86.6 Å². The van der Waals surface area contributed by atoms with Crippen molar-refractivity contribution >= 4 is 11.9 Å². The number of hydrogen-bond acceptors (Lipinski definition) is 10. The Morgan fingerprint density at radius 2 is 1.20 bits per heavy atom. The van der Waals surface area contributed by atoms with Gasteiger partial charge in [-0.1, -0.05) is 18.9 Å². The summed E-state index contributed by atoms with van der Waals surface area (Å²) in [6.07, 6.45) is 17.9. The highest BCUT2D eigenvalue weighted by Crippen LogP contribution is 2.32. The summed E-state index contributed by atoms with van der Waals surface area (Å²) in [6.45, 7) is 19.6. The van der Waals surface area contributed by atoms with Crippen LogP contribution in [0.2, 0.25) is 0 Å². The predicted molar refractivity (Wildman–Crippen MR) is 193 cm³/mol. The fraction of sp³-hybridized carbons (Fsp3) is 0.900. The minimum atomic E-state index is -0.991. The molecule has 0 aromatic heterocycles. The maximum atomic E-state index is 12.6. The van der Waals surface area contributed by atoms with Gasteiger partial charge in [-0.2, -0.15) is 0 Å². The molecule has 2 saturated heterocycles. The molecule has 2 saturated carbocycles. The van der Waals surface area contributed by atoms with Gasteiger partial charge in [0.1, 0.15) is 17.8 Å². The molecule has 50 heavy (non-hydrogen) atoms. The summed E-state index contributed by atoms with van der Waals surface area (Å²) < 4.78 is 46.1. The van der Waals surface area contributed by atoms with Crippen molar-refractivity contribution in [2.75, 3.05) is 33.0 Å². The summed E-state index contributed by atoms with van der Waals surface area (Å²) in [7, 11) is 0. The van der Waals surface area contributed by atoms with Gasteiger partial charge in [0.05, 0.1) is 25.4 Å². The summed E-state index contributed by atoms with van der Waals surface area (Å²) in [5.41, 5.74) is -1.98. The van der Waals surface area contributed by atoms with Crippen molar-refractivity contribution in [2.24, 2.45) is 11.8 Å². The smallest absolute Gasteiger partial charge is 0.338 e. The third-order valence-electron chi connectivity index (χ3n) is 9.43. The maximum Gasteiger partial charge on any atom is 0.338 e. The highest BCUT2D eigenvalue weighted by Gasteiger charge is 2.38. The van der Waals surface area contributed by atoms with E-state index in [9.17, 15) is 9.59 Å². The van der Waals surface area contributed by atoms with E-state index in [1.165, 1.54) is 12.8 Å². The number of rotatable bonds is 14. The van der Waals surface area contributed by atoms with Gasteiger partial charge in [0.2, 0.25) is 0 Å². The van der Waals surface area contributed by atoms with E-state index in [-0.39, 0.29) is 43.3 Å². The van der Waals surface area contributed by atoms with Crippen molar-refractivity contribution in [1.82, 2.24) is 0 Å². The lowest BCUT2D eigenvalue weighted by atomic mass is 9.87. The zero-order chi connectivity index (χ0) is 36.6. The number of hydrogen-bond donors (Lipinski definition) is 0. The topological polar surface area (TPSA) is 108 Å². The largest absolute Gasteiger partial charge is 0.458 e. The molecule has 0 aromatic rings. The first-order valence-electron chi connectivity index (χ1n) is 19.5. The monoisotopic (exact) mass is 710 g/mol. The lowest BCUT2D eigenvalue weighted by Crippen LogP contribution is -2.44. The maximum absolute atomic E-state index is 12.6. The molecule has 0 amide bonds. The molecule has 2 aliphatic heterocycles. The van der Waals surface area contributed by atoms with Gasteiger partial charge in [0.25, 0.3) is 0 Å². The molecule has 0 bridgehead atoms. The second-order valence-electron chi connectivity index (χ2n) is 16.8. The molecule has 7 atom stereocenters. The van der Waals surface area contributed by atoms with Gasteiger partial charge >= 0.3 is 11.9 Å². The Bertz CT molecular complexity index is 991. The lowest BCUT2D eigenvalue weighted by molar-refractivity contribution is -0.200. The van der Waals surface area contributed by atoms with Crippen molar-refractivity contribution in [3.63, 3.8) is 0 Å². The van der Waals surface area contributed by atoms with E-state index in [4.69, 9.17) is 37.9 Å². The Labute approximate surface area is 302 Å². The third-order valence-corrected chi connectivity index (χ3v) is 9.43. The van der Waals surface area contributed by atoms with E-state index < -0.39 is 16.8 Å². The Morgan fingerprint density at radius 1 is 0.680 bits per heavy atom. The summed E-state index contributed by atoms with van der Waals surface area (Å²) in [6, 6.07) is 0. The molecule has 4 rings (SSSR count). The fourth-order valence-electron chi connectivity index (χ4n) is 6.94. The second-order valence-corrected chi connectivity index (χ2v) is 16.8. The van der Waals surface area contributed by atoms with Crippen LogP contribution in [-0.2, 0) is 47.5 Å². The van der Waals surface area contributed by atoms with Crippen LogP contribution in [0.1, 0.15) is 145 Å². The molecule has 0 spiro atoms. The minimum Gasteiger partial charge on any atom is -0.458 e. The standard InChI is InChI=1S/C22H38O5.C18H32O5/c1-6-13-22(5,20(23)27-21(2,3)4)25-16-17-10-9-11-18(15-17)26-19-12-7-8-14-24-19;1-18(2,3)23-16(19)13-20-12-14-7-6-8-15(11-14)22-17-9-4-5-10-21-17/h6,17-19H,1,7-16H2,2-5H3;14-15,17H,4-13H2,1-3H3/t17-,18+,19?,22?;14-,15+,17?/m11/s1. The zero-order valence-corrected chi connectivity index (χ0v) is 32.5.